The maximum atomic E-state index is 11.7. The summed E-state index contributed by atoms with van der Waals surface area (Å²) >= 11 is 0. The number of carbonyl (C=O) groups excluding carboxylic acids is 1. The Labute approximate surface area is 99.2 Å². The monoisotopic (exact) mass is 227 g/mol. The molecule has 0 aliphatic heterocycles. The van der Waals surface area contributed by atoms with E-state index >= 15 is 0 Å². The Bertz CT molecular complexity index is 247. The molecule has 0 saturated heterocycles. The quantitative estimate of drug-likeness (QED) is 0.730. The summed E-state index contributed by atoms with van der Waals surface area (Å²) in [4.78, 5) is 17.6. The zero-order valence-corrected chi connectivity index (χ0v) is 11.4. The lowest BCUT2D eigenvalue weighted by Crippen LogP contribution is -2.56. The third kappa shape index (κ3) is 2.67. The van der Waals surface area contributed by atoms with E-state index in [1.54, 1.807) is 19.0 Å². The van der Waals surface area contributed by atoms with Gasteiger partial charge >= 0.3 is 6.03 Å². The first-order valence-corrected chi connectivity index (χ1v) is 6.00. The van der Waals surface area contributed by atoms with Crippen molar-refractivity contribution >= 4 is 6.03 Å². The summed E-state index contributed by atoms with van der Waals surface area (Å²) in [7, 11) is 7.67. The normalized spacial score (nSPS) is 24.5. The van der Waals surface area contributed by atoms with Crippen molar-refractivity contribution in [3.05, 3.63) is 0 Å². The Morgan fingerprint density at radius 2 is 1.56 bits per heavy atom. The van der Waals surface area contributed by atoms with E-state index in [0.29, 0.717) is 18.1 Å². The third-order valence-corrected chi connectivity index (χ3v) is 3.71. The van der Waals surface area contributed by atoms with Crippen molar-refractivity contribution in [3.63, 3.8) is 0 Å². The molecule has 0 atom stereocenters. The van der Waals surface area contributed by atoms with Gasteiger partial charge in [-0.3, -0.25) is 0 Å². The molecule has 16 heavy (non-hydrogen) atoms. The minimum Gasteiger partial charge on any atom is -0.331 e. The van der Waals surface area contributed by atoms with Gasteiger partial charge in [-0.15, -0.1) is 0 Å². The molecule has 0 unspecified atom stereocenters. The van der Waals surface area contributed by atoms with Gasteiger partial charge in [-0.05, 0) is 33.7 Å². The van der Waals surface area contributed by atoms with Gasteiger partial charge in [0.25, 0.3) is 0 Å². The van der Waals surface area contributed by atoms with Gasteiger partial charge in [0, 0.05) is 39.3 Å². The lowest BCUT2D eigenvalue weighted by atomic mass is 9.84. The summed E-state index contributed by atoms with van der Waals surface area (Å²) in [6.45, 7) is 4.42. The molecule has 0 aromatic heterocycles. The Morgan fingerprint density at radius 3 is 1.94 bits per heavy atom. The molecule has 0 bridgehead atoms. The van der Waals surface area contributed by atoms with E-state index in [4.69, 9.17) is 0 Å². The van der Waals surface area contributed by atoms with Crippen LogP contribution in [0, 0.1) is 0 Å². The number of hydrogen-bond acceptors (Lipinski definition) is 2. The molecule has 0 aromatic rings. The number of nitrogens with zero attached hydrogens (tertiary/aromatic N) is 3. The Hall–Kier alpha value is -0.770. The minimum atomic E-state index is 0.107. The molecule has 0 radical (unpaired) electrons. The summed E-state index contributed by atoms with van der Waals surface area (Å²) in [5.41, 5.74) is 0. The summed E-state index contributed by atoms with van der Waals surface area (Å²) in [6, 6.07) is 1.75. The first kappa shape index (κ1) is 13.3. The molecule has 0 heterocycles. The average molecular weight is 227 g/mol. The highest BCUT2D eigenvalue weighted by Gasteiger charge is 2.37. The molecule has 1 aliphatic rings. The molecule has 1 fully saturated rings. The molecule has 0 spiro atoms. The molecule has 1 saturated carbocycles. The van der Waals surface area contributed by atoms with E-state index in [1.165, 1.54) is 0 Å². The van der Waals surface area contributed by atoms with E-state index in [-0.39, 0.29) is 6.03 Å². The van der Waals surface area contributed by atoms with Crippen LogP contribution >= 0.6 is 0 Å². The maximum absolute atomic E-state index is 11.7. The second-order valence-corrected chi connectivity index (χ2v) is 5.33. The van der Waals surface area contributed by atoms with Gasteiger partial charge in [0.15, 0.2) is 0 Å². The van der Waals surface area contributed by atoms with Crippen LogP contribution < -0.4 is 0 Å². The van der Waals surface area contributed by atoms with Crippen LogP contribution in [0.1, 0.15) is 26.7 Å². The average Bonchev–Trinajstić information content (AvgIpc) is 2.13. The molecule has 1 aliphatic carbocycles. The molecule has 2 amide bonds. The number of hydrogen-bond donors (Lipinski definition) is 0. The topological polar surface area (TPSA) is 26.8 Å². The van der Waals surface area contributed by atoms with Crippen LogP contribution in [-0.2, 0) is 0 Å². The molecular formula is C12H25N3O. The Balaban J connectivity index is 2.38. The van der Waals surface area contributed by atoms with Gasteiger partial charge in [-0.2, -0.15) is 0 Å². The van der Waals surface area contributed by atoms with Gasteiger partial charge in [0.1, 0.15) is 0 Å². The molecule has 4 nitrogen and oxygen atoms in total. The fraction of sp³-hybridized carbons (Fsp3) is 0.917. The first-order chi connectivity index (χ1) is 7.34. The van der Waals surface area contributed by atoms with Crippen LogP contribution in [0.5, 0.6) is 0 Å². The van der Waals surface area contributed by atoms with Gasteiger partial charge in [0.05, 0.1) is 0 Å². The number of urea groups is 1. The van der Waals surface area contributed by atoms with E-state index in [1.807, 2.05) is 11.9 Å². The largest absolute Gasteiger partial charge is 0.331 e. The lowest BCUT2D eigenvalue weighted by molar-refractivity contribution is 0.0493. The van der Waals surface area contributed by atoms with E-state index in [9.17, 15) is 4.79 Å². The smallest absolute Gasteiger partial charge is 0.319 e. The molecule has 0 aromatic carbocycles. The SMILES string of the molecule is CC(C)N(C)C1CC(N(C)C(=O)N(C)C)C1. The van der Waals surface area contributed by atoms with E-state index < -0.39 is 0 Å². The number of amides is 2. The summed E-state index contributed by atoms with van der Waals surface area (Å²) in [5.74, 6) is 0. The zero-order valence-electron chi connectivity index (χ0n) is 11.4. The standard InChI is InChI=1S/C12H25N3O/c1-9(2)14(5)10-7-11(8-10)15(6)12(16)13(3)4/h9-11H,7-8H2,1-6H3. The molecule has 4 heteroatoms. The highest BCUT2D eigenvalue weighted by molar-refractivity contribution is 5.74. The van der Waals surface area contributed by atoms with E-state index in [2.05, 4.69) is 25.8 Å². The van der Waals surface area contributed by atoms with Crippen molar-refractivity contribution in [1.29, 1.82) is 0 Å². The van der Waals surface area contributed by atoms with Crippen molar-refractivity contribution in [2.75, 3.05) is 28.2 Å². The third-order valence-electron chi connectivity index (χ3n) is 3.71. The van der Waals surface area contributed by atoms with Gasteiger partial charge in [-0.25, -0.2) is 4.79 Å². The second-order valence-electron chi connectivity index (χ2n) is 5.33. The van der Waals surface area contributed by atoms with Crippen molar-refractivity contribution < 1.29 is 4.79 Å². The predicted molar refractivity (Wildman–Crippen MR) is 66.6 cm³/mol. The number of carbonyl (C=O) groups is 1. The van der Waals surface area contributed by atoms with E-state index in [0.717, 1.165) is 12.8 Å². The van der Waals surface area contributed by atoms with Crippen LogP contribution in [0.4, 0.5) is 4.79 Å². The maximum Gasteiger partial charge on any atom is 0.319 e. The summed E-state index contributed by atoms with van der Waals surface area (Å²) < 4.78 is 0. The zero-order chi connectivity index (χ0) is 12.5. The predicted octanol–water partition coefficient (Wildman–Crippen LogP) is 1.47. The highest BCUT2D eigenvalue weighted by atomic mass is 16.2. The second kappa shape index (κ2) is 5.04. The van der Waals surface area contributed by atoms with Crippen LogP contribution in [0.2, 0.25) is 0 Å². The molecule has 1 rings (SSSR count). The van der Waals surface area contributed by atoms with Crippen LogP contribution in [-0.4, -0.2) is 67.0 Å². The van der Waals surface area contributed by atoms with Gasteiger partial charge in [0.2, 0.25) is 0 Å². The Morgan fingerprint density at radius 1 is 1.06 bits per heavy atom. The molecule has 0 N–H and O–H groups in total. The van der Waals surface area contributed by atoms with Crippen molar-refractivity contribution in [3.8, 4) is 0 Å². The van der Waals surface area contributed by atoms with Gasteiger partial charge < -0.3 is 14.7 Å². The highest BCUT2D eigenvalue weighted by Crippen LogP contribution is 2.29. The van der Waals surface area contributed by atoms with Crippen molar-refractivity contribution in [2.45, 2.75) is 44.8 Å². The Kier molecular flexibility index (Phi) is 4.19. The molecular weight excluding hydrogens is 202 g/mol. The van der Waals surface area contributed by atoms with Crippen LogP contribution in [0.25, 0.3) is 0 Å². The lowest BCUT2D eigenvalue weighted by Gasteiger charge is -2.46. The molecule has 94 valence electrons. The minimum absolute atomic E-state index is 0.107. The van der Waals surface area contributed by atoms with Crippen molar-refractivity contribution in [2.24, 2.45) is 0 Å². The van der Waals surface area contributed by atoms with Gasteiger partial charge in [-0.1, -0.05) is 0 Å². The number of rotatable bonds is 3. The fourth-order valence-electron chi connectivity index (χ4n) is 2.10. The van der Waals surface area contributed by atoms with Crippen LogP contribution in [0.15, 0.2) is 0 Å². The fourth-order valence-corrected chi connectivity index (χ4v) is 2.10. The summed E-state index contributed by atoms with van der Waals surface area (Å²) in [5, 5.41) is 0. The summed E-state index contributed by atoms with van der Waals surface area (Å²) in [6.07, 6.45) is 2.20. The van der Waals surface area contributed by atoms with Crippen LogP contribution in [0.3, 0.4) is 0 Å². The first-order valence-electron chi connectivity index (χ1n) is 6.00. The van der Waals surface area contributed by atoms with Crippen molar-refractivity contribution in [1.82, 2.24) is 14.7 Å².